The van der Waals surface area contributed by atoms with Crippen LogP contribution in [0.15, 0.2) is 27.8 Å². The van der Waals surface area contributed by atoms with Crippen LogP contribution in [0.25, 0.3) is 11.5 Å². The molecule has 2 aliphatic rings. The Morgan fingerprint density at radius 2 is 2.27 bits per heavy atom. The summed E-state index contributed by atoms with van der Waals surface area (Å²) in [6.45, 7) is 0. The average Bonchev–Trinajstić information content (AvgIpc) is 3.37. The molecule has 0 radical (unpaired) electrons. The Kier molecular flexibility index (Phi) is 5.09. The van der Waals surface area contributed by atoms with Gasteiger partial charge in [0.25, 0.3) is 11.1 Å². The molecule has 3 atom stereocenters. The highest BCUT2D eigenvalue weighted by molar-refractivity contribution is 7.99. The highest BCUT2D eigenvalue weighted by atomic mass is 35.5. The molecule has 1 N–H and O–H groups in total. The minimum Gasteiger partial charge on any atom is -0.496 e. The second kappa shape index (κ2) is 7.48. The molecule has 2 fully saturated rings. The highest BCUT2D eigenvalue weighted by Gasteiger charge is 2.40. The molecule has 1 aromatic carbocycles. The lowest BCUT2D eigenvalue weighted by molar-refractivity contribution is -0.119. The molecule has 2 bridgehead atoms. The van der Waals surface area contributed by atoms with E-state index in [1.165, 1.54) is 31.0 Å². The van der Waals surface area contributed by atoms with Gasteiger partial charge in [-0.15, -0.1) is 10.2 Å². The first-order chi connectivity index (χ1) is 12.6. The van der Waals surface area contributed by atoms with Crippen LogP contribution in [-0.4, -0.2) is 35.0 Å². The van der Waals surface area contributed by atoms with Crippen LogP contribution in [0, 0.1) is 11.8 Å². The molecule has 1 heterocycles. The Hall–Kier alpha value is -1.73. The fourth-order valence-electron chi connectivity index (χ4n) is 4.02. The second-order valence-corrected chi connectivity index (χ2v) is 8.22. The third-order valence-electron chi connectivity index (χ3n) is 5.21. The zero-order chi connectivity index (χ0) is 18.1. The van der Waals surface area contributed by atoms with Gasteiger partial charge in [-0.05, 0) is 49.3 Å². The largest absolute Gasteiger partial charge is 0.496 e. The molecule has 3 unspecified atom stereocenters. The average molecular weight is 394 g/mol. The van der Waals surface area contributed by atoms with Gasteiger partial charge in [0.05, 0.1) is 18.4 Å². The molecule has 4 rings (SSSR count). The monoisotopic (exact) mass is 393 g/mol. The fourth-order valence-corrected chi connectivity index (χ4v) is 4.77. The van der Waals surface area contributed by atoms with Crippen molar-refractivity contribution in [2.45, 2.75) is 36.9 Å². The standard InChI is InChI=1S/C18H20ClN3O3S/c1-24-15-5-4-12(19)8-13(15)17-21-22-18(25-17)26-9-16(23)20-14-7-10-2-3-11(14)6-10/h4-5,8,10-11,14H,2-3,6-7,9H2,1H3,(H,20,23). The summed E-state index contributed by atoms with van der Waals surface area (Å²) < 4.78 is 11.0. The van der Waals surface area contributed by atoms with Crippen molar-refractivity contribution in [3.63, 3.8) is 0 Å². The molecule has 2 aromatic rings. The summed E-state index contributed by atoms with van der Waals surface area (Å²) in [4.78, 5) is 12.2. The number of ether oxygens (including phenoxy) is 1. The number of thioether (sulfide) groups is 1. The van der Waals surface area contributed by atoms with Gasteiger partial charge in [0, 0.05) is 11.1 Å². The fraction of sp³-hybridized carbons (Fsp3) is 0.500. The summed E-state index contributed by atoms with van der Waals surface area (Å²) in [5, 5.41) is 12.1. The van der Waals surface area contributed by atoms with E-state index in [0.717, 1.165) is 12.3 Å². The number of carbonyl (C=O) groups is 1. The quantitative estimate of drug-likeness (QED) is 0.752. The highest BCUT2D eigenvalue weighted by Crippen LogP contribution is 2.44. The van der Waals surface area contributed by atoms with Crippen LogP contribution in [0.3, 0.4) is 0 Å². The summed E-state index contributed by atoms with van der Waals surface area (Å²) >= 11 is 7.28. The Labute approximate surface area is 161 Å². The van der Waals surface area contributed by atoms with E-state index in [-0.39, 0.29) is 11.7 Å². The number of benzene rings is 1. The van der Waals surface area contributed by atoms with Crippen LogP contribution in [0.5, 0.6) is 5.75 Å². The van der Waals surface area contributed by atoms with Crippen LogP contribution in [0.2, 0.25) is 5.02 Å². The van der Waals surface area contributed by atoms with Crippen molar-refractivity contribution in [3.05, 3.63) is 23.2 Å². The SMILES string of the molecule is COc1ccc(Cl)cc1-c1nnc(SCC(=O)NC2CC3CCC2C3)o1. The van der Waals surface area contributed by atoms with Crippen LogP contribution >= 0.6 is 23.4 Å². The number of fused-ring (bicyclic) bond motifs is 2. The third-order valence-corrected chi connectivity index (χ3v) is 6.26. The number of aromatic nitrogens is 2. The van der Waals surface area contributed by atoms with Crippen molar-refractivity contribution < 1.29 is 13.9 Å². The molecule has 0 saturated heterocycles. The second-order valence-electron chi connectivity index (χ2n) is 6.86. The lowest BCUT2D eigenvalue weighted by Crippen LogP contribution is -2.39. The number of hydrogen-bond donors (Lipinski definition) is 1. The number of nitrogens with zero attached hydrogens (tertiary/aromatic N) is 2. The van der Waals surface area contributed by atoms with Gasteiger partial charge in [0.15, 0.2) is 0 Å². The van der Waals surface area contributed by atoms with Crippen LogP contribution in [0.1, 0.15) is 25.7 Å². The minimum atomic E-state index is 0.0210. The van der Waals surface area contributed by atoms with E-state index in [4.69, 9.17) is 20.8 Å². The lowest BCUT2D eigenvalue weighted by atomic mass is 9.95. The molecule has 1 aromatic heterocycles. The number of carbonyl (C=O) groups excluding carboxylic acids is 1. The number of nitrogens with one attached hydrogen (secondary N) is 1. The third kappa shape index (κ3) is 3.69. The number of methoxy groups -OCH3 is 1. The first kappa shape index (κ1) is 17.7. The maximum Gasteiger partial charge on any atom is 0.277 e. The van der Waals surface area contributed by atoms with Crippen molar-refractivity contribution in [2.75, 3.05) is 12.9 Å². The van der Waals surface area contributed by atoms with Crippen LogP contribution in [-0.2, 0) is 4.79 Å². The molecule has 2 saturated carbocycles. The van der Waals surface area contributed by atoms with E-state index < -0.39 is 0 Å². The first-order valence-electron chi connectivity index (χ1n) is 8.72. The molecule has 0 aliphatic heterocycles. The minimum absolute atomic E-state index is 0.0210. The van der Waals surface area contributed by atoms with Gasteiger partial charge in [-0.3, -0.25) is 4.79 Å². The number of hydrogen-bond acceptors (Lipinski definition) is 6. The number of halogens is 1. The Bertz CT molecular complexity index is 813. The number of amides is 1. The molecular weight excluding hydrogens is 374 g/mol. The maximum atomic E-state index is 12.2. The van der Waals surface area contributed by atoms with Gasteiger partial charge in [-0.25, -0.2) is 0 Å². The molecule has 0 spiro atoms. The van der Waals surface area contributed by atoms with Crippen LogP contribution in [0.4, 0.5) is 0 Å². The molecular formula is C18H20ClN3O3S. The van der Waals surface area contributed by atoms with Gasteiger partial charge in [0.2, 0.25) is 5.91 Å². The predicted octanol–water partition coefficient (Wildman–Crippen LogP) is 3.80. The maximum absolute atomic E-state index is 12.2. The van der Waals surface area contributed by atoms with E-state index in [2.05, 4.69) is 15.5 Å². The summed E-state index contributed by atoms with van der Waals surface area (Å²) in [6, 6.07) is 5.54. The molecule has 26 heavy (non-hydrogen) atoms. The van der Waals surface area contributed by atoms with E-state index in [0.29, 0.717) is 39.4 Å². The molecule has 1 amide bonds. The van der Waals surface area contributed by atoms with E-state index in [9.17, 15) is 4.79 Å². The van der Waals surface area contributed by atoms with Crippen molar-refractivity contribution in [1.29, 1.82) is 0 Å². The van der Waals surface area contributed by atoms with Crippen molar-refractivity contribution >= 4 is 29.3 Å². The molecule has 138 valence electrons. The van der Waals surface area contributed by atoms with Crippen molar-refractivity contribution in [1.82, 2.24) is 15.5 Å². The lowest BCUT2D eigenvalue weighted by Gasteiger charge is -2.22. The van der Waals surface area contributed by atoms with E-state index in [1.54, 1.807) is 25.3 Å². The predicted molar refractivity (Wildman–Crippen MR) is 99.4 cm³/mol. The van der Waals surface area contributed by atoms with Gasteiger partial charge in [0.1, 0.15) is 5.75 Å². The first-order valence-corrected chi connectivity index (χ1v) is 10.1. The van der Waals surface area contributed by atoms with Gasteiger partial charge in [-0.1, -0.05) is 29.8 Å². The Balaban J connectivity index is 1.35. The van der Waals surface area contributed by atoms with Gasteiger partial charge in [-0.2, -0.15) is 0 Å². The summed E-state index contributed by atoms with van der Waals surface area (Å²) in [6.07, 6.45) is 4.97. The topological polar surface area (TPSA) is 77.2 Å². The molecule has 6 nitrogen and oxygen atoms in total. The Morgan fingerprint density at radius 1 is 1.38 bits per heavy atom. The summed E-state index contributed by atoms with van der Waals surface area (Å²) in [5.74, 6) is 2.68. The van der Waals surface area contributed by atoms with Crippen molar-refractivity contribution in [2.24, 2.45) is 11.8 Å². The van der Waals surface area contributed by atoms with E-state index >= 15 is 0 Å². The summed E-state index contributed by atoms with van der Waals surface area (Å²) in [7, 11) is 1.57. The van der Waals surface area contributed by atoms with Crippen molar-refractivity contribution in [3.8, 4) is 17.2 Å². The normalized spacial score (nSPS) is 24.0. The Morgan fingerprint density at radius 3 is 3.00 bits per heavy atom. The summed E-state index contributed by atoms with van der Waals surface area (Å²) in [5.41, 5.74) is 0.630. The molecule has 8 heteroatoms. The smallest absolute Gasteiger partial charge is 0.277 e. The van der Waals surface area contributed by atoms with Gasteiger partial charge >= 0.3 is 0 Å². The number of rotatable bonds is 6. The zero-order valence-electron chi connectivity index (χ0n) is 14.4. The molecule has 2 aliphatic carbocycles. The van der Waals surface area contributed by atoms with Gasteiger partial charge < -0.3 is 14.5 Å². The van der Waals surface area contributed by atoms with Crippen LogP contribution < -0.4 is 10.1 Å². The zero-order valence-corrected chi connectivity index (χ0v) is 16.0. The van der Waals surface area contributed by atoms with E-state index in [1.807, 2.05) is 0 Å².